The molecule has 0 atom stereocenters. The summed E-state index contributed by atoms with van der Waals surface area (Å²) in [5.74, 6) is -7.54. The highest BCUT2D eigenvalue weighted by Crippen LogP contribution is 2.63. The molecular formula is C18H12F6O3. The normalized spacial score (nSPS) is 16.1. The zero-order valence-electron chi connectivity index (χ0n) is 13.5. The first-order valence-corrected chi connectivity index (χ1v) is 7.74. The van der Waals surface area contributed by atoms with Crippen LogP contribution in [-0.4, -0.2) is 23.2 Å². The first kappa shape index (κ1) is 19.1. The molecule has 1 aliphatic carbocycles. The van der Waals surface area contributed by atoms with Gasteiger partial charge in [0.2, 0.25) is 0 Å². The Balaban J connectivity index is 1.85. The van der Waals surface area contributed by atoms with Crippen molar-refractivity contribution in [3.05, 3.63) is 59.4 Å². The Morgan fingerprint density at radius 2 is 1.59 bits per heavy atom. The van der Waals surface area contributed by atoms with E-state index >= 15 is 0 Å². The minimum absolute atomic E-state index is 0.0248. The molecule has 0 bridgehead atoms. The van der Waals surface area contributed by atoms with Crippen LogP contribution in [0.15, 0.2) is 42.5 Å². The second-order valence-electron chi connectivity index (χ2n) is 6.23. The van der Waals surface area contributed by atoms with Crippen molar-refractivity contribution in [2.75, 3.05) is 0 Å². The lowest BCUT2D eigenvalue weighted by Crippen LogP contribution is -2.47. The lowest BCUT2D eigenvalue weighted by atomic mass is 9.88. The summed E-state index contributed by atoms with van der Waals surface area (Å²) in [5.41, 5.74) is -2.94. The Morgan fingerprint density at radius 3 is 2.04 bits per heavy atom. The topological polar surface area (TPSA) is 46.5 Å². The summed E-state index contributed by atoms with van der Waals surface area (Å²) in [4.78, 5) is 10.8. The number of alkyl halides is 5. The maximum Gasteiger partial charge on any atom is 0.454 e. The molecule has 1 saturated carbocycles. The van der Waals surface area contributed by atoms with Crippen LogP contribution in [0.1, 0.15) is 28.8 Å². The zero-order chi connectivity index (χ0) is 20.0. The molecule has 0 radical (unpaired) electrons. The Hall–Kier alpha value is -2.71. The van der Waals surface area contributed by atoms with Crippen molar-refractivity contribution < 1.29 is 41.0 Å². The molecule has 3 rings (SSSR count). The summed E-state index contributed by atoms with van der Waals surface area (Å²) in [7, 11) is 0. The predicted molar refractivity (Wildman–Crippen MR) is 81.8 cm³/mol. The molecule has 0 saturated heterocycles. The van der Waals surface area contributed by atoms with Gasteiger partial charge < -0.3 is 9.84 Å². The van der Waals surface area contributed by atoms with Gasteiger partial charge in [0, 0.05) is 0 Å². The fraction of sp³-hybridized carbons (Fsp3) is 0.278. The number of hydrogen-bond donors (Lipinski definition) is 1. The van der Waals surface area contributed by atoms with Gasteiger partial charge in [-0.1, -0.05) is 6.07 Å². The van der Waals surface area contributed by atoms with Gasteiger partial charge in [0.25, 0.3) is 0 Å². The number of carboxylic acids is 1. The number of rotatable bonds is 5. The van der Waals surface area contributed by atoms with Crippen LogP contribution in [0.4, 0.5) is 26.3 Å². The molecule has 0 spiro atoms. The van der Waals surface area contributed by atoms with Gasteiger partial charge in [-0.05, 0) is 54.8 Å². The van der Waals surface area contributed by atoms with E-state index in [0.717, 1.165) is 12.1 Å². The lowest BCUT2D eigenvalue weighted by Gasteiger charge is -2.29. The van der Waals surface area contributed by atoms with Crippen LogP contribution >= 0.6 is 0 Å². The molecule has 27 heavy (non-hydrogen) atoms. The minimum atomic E-state index is -5.74. The number of ether oxygens (including phenoxy) is 1. The van der Waals surface area contributed by atoms with Crippen molar-refractivity contribution >= 4 is 5.97 Å². The number of hydrogen-bond acceptors (Lipinski definition) is 2. The van der Waals surface area contributed by atoms with Gasteiger partial charge >= 0.3 is 18.1 Å². The van der Waals surface area contributed by atoms with Crippen LogP contribution in [0.3, 0.4) is 0 Å². The van der Waals surface area contributed by atoms with Crippen LogP contribution in [0.2, 0.25) is 0 Å². The lowest BCUT2D eigenvalue weighted by molar-refractivity contribution is -0.296. The van der Waals surface area contributed by atoms with E-state index in [1.165, 1.54) is 24.3 Å². The average Bonchev–Trinajstić information content (AvgIpc) is 3.38. The molecule has 0 heterocycles. The standard InChI is InChI=1S/C18H12F6O3/c19-13-9-11(16(7-8-16)17(20,21)18(22,23)24)3-6-14(13)27-12-4-1-10(2-5-12)15(25)26/h1-6,9H,7-8H2,(H,25,26). The number of carbonyl (C=O) groups is 1. The molecule has 1 aliphatic rings. The molecule has 0 aromatic heterocycles. The molecule has 0 aliphatic heterocycles. The van der Waals surface area contributed by atoms with E-state index in [0.29, 0.717) is 6.07 Å². The van der Waals surface area contributed by atoms with Crippen LogP contribution in [-0.2, 0) is 5.41 Å². The predicted octanol–water partition coefficient (Wildman–Crippen LogP) is 5.55. The Morgan fingerprint density at radius 1 is 1.00 bits per heavy atom. The Bertz CT molecular complexity index is 870. The highest BCUT2D eigenvalue weighted by molar-refractivity contribution is 5.87. The molecule has 2 aromatic carbocycles. The zero-order valence-corrected chi connectivity index (χ0v) is 13.5. The summed E-state index contributed by atoms with van der Waals surface area (Å²) in [5, 5.41) is 8.80. The summed E-state index contributed by atoms with van der Waals surface area (Å²) >= 11 is 0. The molecule has 0 amide bonds. The van der Waals surface area contributed by atoms with E-state index in [2.05, 4.69) is 0 Å². The molecule has 144 valence electrons. The average molecular weight is 390 g/mol. The number of halogens is 6. The fourth-order valence-electron chi connectivity index (χ4n) is 2.85. The molecule has 2 aromatic rings. The number of benzene rings is 2. The Kier molecular flexibility index (Phi) is 4.36. The van der Waals surface area contributed by atoms with Crippen molar-refractivity contribution in [2.45, 2.75) is 30.4 Å². The van der Waals surface area contributed by atoms with Crippen molar-refractivity contribution in [3.63, 3.8) is 0 Å². The van der Waals surface area contributed by atoms with Gasteiger partial charge in [-0.25, -0.2) is 9.18 Å². The third kappa shape index (κ3) is 3.22. The van der Waals surface area contributed by atoms with E-state index in [4.69, 9.17) is 9.84 Å². The van der Waals surface area contributed by atoms with E-state index < -0.39 is 47.7 Å². The van der Waals surface area contributed by atoms with Crippen LogP contribution in [0.25, 0.3) is 0 Å². The van der Waals surface area contributed by atoms with Crippen LogP contribution < -0.4 is 4.74 Å². The minimum Gasteiger partial charge on any atom is -0.478 e. The van der Waals surface area contributed by atoms with Gasteiger partial charge in [-0.2, -0.15) is 22.0 Å². The van der Waals surface area contributed by atoms with Crippen molar-refractivity contribution in [3.8, 4) is 11.5 Å². The Labute approximate surface area is 149 Å². The van der Waals surface area contributed by atoms with E-state index in [9.17, 15) is 31.1 Å². The quantitative estimate of drug-likeness (QED) is 0.682. The highest BCUT2D eigenvalue weighted by Gasteiger charge is 2.75. The monoisotopic (exact) mass is 390 g/mol. The number of carboxylic acid groups (broad SMARTS) is 1. The summed E-state index contributed by atoms with van der Waals surface area (Å²) in [6, 6.07) is 7.53. The maximum absolute atomic E-state index is 14.2. The third-order valence-corrected chi connectivity index (χ3v) is 4.52. The smallest absolute Gasteiger partial charge is 0.454 e. The second kappa shape index (κ2) is 6.17. The van der Waals surface area contributed by atoms with Crippen molar-refractivity contribution in [1.82, 2.24) is 0 Å². The van der Waals surface area contributed by atoms with E-state index in [1.807, 2.05) is 0 Å². The van der Waals surface area contributed by atoms with Gasteiger partial charge in [0.15, 0.2) is 11.6 Å². The van der Waals surface area contributed by atoms with Crippen LogP contribution in [0.5, 0.6) is 11.5 Å². The molecule has 9 heteroatoms. The largest absolute Gasteiger partial charge is 0.478 e. The summed E-state index contributed by atoms with van der Waals surface area (Å²) in [6.45, 7) is 0. The summed E-state index contributed by atoms with van der Waals surface area (Å²) in [6.07, 6.45) is -6.55. The number of aromatic carboxylic acids is 1. The third-order valence-electron chi connectivity index (χ3n) is 4.52. The van der Waals surface area contributed by atoms with Gasteiger partial charge in [-0.15, -0.1) is 0 Å². The van der Waals surface area contributed by atoms with Gasteiger partial charge in [0.1, 0.15) is 5.75 Å². The van der Waals surface area contributed by atoms with E-state index in [-0.39, 0.29) is 17.1 Å². The highest BCUT2D eigenvalue weighted by atomic mass is 19.4. The van der Waals surface area contributed by atoms with Crippen molar-refractivity contribution in [1.29, 1.82) is 0 Å². The SMILES string of the molecule is O=C(O)c1ccc(Oc2ccc(C3(C(F)(F)C(F)(F)F)CC3)cc2F)cc1. The first-order chi connectivity index (χ1) is 12.5. The molecule has 1 N–H and O–H groups in total. The molecule has 3 nitrogen and oxygen atoms in total. The van der Waals surface area contributed by atoms with E-state index in [1.54, 1.807) is 0 Å². The maximum atomic E-state index is 14.2. The first-order valence-electron chi connectivity index (χ1n) is 7.74. The fourth-order valence-corrected chi connectivity index (χ4v) is 2.85. The molecule has 1 fully saturated rings. The van der Waals surface area contributed by atoms with Crippen LogP contribution in [0, 0.1) is 5.82 Å². The van der Waals surface area contributed by atoms with Crippen molar-refractivity contribution in [2.24, 2.45) is 0 Å². The molecular weight excluding hydrogens is 378 g/mol. The summed E-state index contributed by atoms with van der Waals surface area (Å²) < 4.78 is 85.2. The van der Waals surface area contributed by atoms with Gasteiger partial charge in [-0.3, -0.25) is 0 Å². The molecule has 0 unspecified atom stereocenters. The van der Waals surface area contributed by atoms with Gasteiger partial charge in [0.05, 0.1) is 11.0 Å². The second-order valence-corrected chi connectivity index (χ2v) is 6.23.